The first kappa shape index (κ1) is 105. The van der Waals surface area contributed by atoms with E-state index >= 15 is 0 Å². The maximum atomic E-state index is 11.8. The van der Waals surface area contributed by atoms with Crippen LogP contribution in [0.3, 0.4) is 0 Å². The van der Waals surface area contributed by atoms with Crippen LogP contribution < -0.4 is 62.3 Å². The number of nitrogens with one attached hydrogen (secondary N) is 3. The first-order chi connectivity index (χ1) is 66.2. The molecule has 0 unspecified atom stereocenters. The van der Waals surface area contributed by atoms with Crippen LogP contribution in [0, 0.1) is 5.92 Å². The van der Waals surface area contributed by atoms with Crippen LogP contribution in [0.5, 0.6) is 0 Å². The lowest BCUT2D eigenvalue weighted by Gasteiger charge is -2.16. The summed E-state index contributed by atoms with van der Waals surface area (Å²) in [4.78, 5) is 127. The van der Waals surface area contributed by atoms with Crippen molar-refractivity contribution in [3.8, 4) is 17.8 Å². The molecule has 36 N–H and O–H groups in total. The topological polar surface area (TPSA) is 1020 Å². The molecule has 13 aromatic rings. The normalized spacial score (nSPS) is 24.5. The molecule has 66 nitrogen and oxygen atoms in total. The highest BCUT2D eigenvalue weighted by molar-refractivity contribution is 6.28. The lowest BCUT2D eigenvalue weighted by molar-refractivity contribution is -0.150. The molecule has 139 heavy (non-hydrogen) atoms. The smallest absolute Gasteiger partial charge is 0.341 e. The van der Waals surface area contributed by atoms with E-state index in [1.807, 2.05) is 0 Å². The number of hydrogen-bond acceptors (Lipinski definition) is 55. The number of aromatic nitrogens is 26. The first-order valence-corrected chi connectivity index (χ1v) is 41.0. The van der Waals surface area contributed by atoms with Crippen LogP contribution in [0.4, 0.5) is 35.0 Å². The zero-order valence-electron chi connectivity index (χ0n) is 72.7. The van der Waals surface area contributed by atoms with Crippen LogP contribution >= 0.6 is 11.6 Å². The minimum absolute atomic E-state index is 0. The van der Waals surface area contributed by atoms with Crippen molar-refractivity contribution in [3.05, 3.63) is 90.8 Å². The van der Waals surface area contributed by atoms with Gasteiger partial charge in [0.05, 0.1) is 113 Å². The van der Waals surface area contributed by atoms with Gasteiger partial charge in [0.15, 0.2) is 94.4 Å². The molecule has 5 aliphatic rings. The summed E-state index contributed by atoms with van der Waals surface area (Å²) in [7, 11) is 3.00. The highest BCUT2D eigenvalue weighted by Gasteiger charge is 2.49. The predicted octanol–water partition coefficient (Wildman–Crippen LogP) is -13.0. The number of aliphatic hydroxyl groups excluding tert-OH is 15. The second kappa shape index (κ2) is 45.8. The summed E-state index contributed by atoms with van der Waals surface area (Å²) in [6.07, 6.45) is -6.75. The number of amides is 2. The van der Waals surface area contributed by atoms with Gasteiger partial charge < -0.3 is 164 Å². The number of hydrogen-bond donors (Lipinski definition) is 26. The molecule has 13 aromatic heterocycles. The molecule has 18 heterocycles. The van der Waals surface area contributed by atoms with Gasteiger partial charge in [-0.2, -0.15) is 65.1 Å². The Labute approximate surface area is 780 Å². The van der Waals surface area contributed by atoms with Crippen LogP contribution in [0.15, 0.2) is 68.8 Å². The third-order valence-corrected chi connectivity index (χ3v) is 21.1. The number of aldehydes is 2. The van der Waals surface area contributed by atoms with Gasteiger partial charge in [0, 0.05) is 32.7 Å². The minimum atomic E-state index is -1.32. The Morgan fingerprint density at radius 2 is 0.676 bits per heavy atom. The minimum Gasteiger partial charge on any atom is -0.465 e. The predicted molar refractivity (Wildman–Crippen MR) is 465 cm³/mol. The van der Waals surface area contributed by atoms with E-state index < -0.39 is 174 Å². The molecule has 750 valence electrons. The molecular formula is C72H96ClN37O29. The fourth-order valence-corrected chi connectivity index (χ4v) is 14.2. The molecule has 0 spiro atoms. The lowest BCUT2D eigenvalue weighted by atomic mass is 10.1. The van der Waals surface area contributed by atoms with E-state index in [9.17, 15) is 95.2 Å². The van der Waals surface area contributed by atoms with Crippen LogP contribution in [0.1, 0.15) is 76.1 Å². The van der Waals surface area contributed by atoms with Crippen molar-refractivity contribution in [2.24, 2.45) is 23.4 Å². The Morgan fingerprint density at radius 3 is 0.942 bits per heavy atom. The fraction of sp³-hybridized carbons (Fsp3) is 0.444. The SMILES string of the molecule is CCOC(=O)C(C=O)C=O.CCOC(=O)c1cnn(-c2nc(N)c3ncn([C@@H]4O[C@H](CO)[C@@H](O)[C@H]4O)c3n2)c1.CNC(=O)c1cnn(-c2nc(N)c3ncn([C@@H]4O[C@H](CO)[C@@H](O)[C@H]4O)c3n2)c1.CNC(=O)c1cnn(-c2nc(N)c3ncn([C@@H]4O[C@H](CO)[C@@H](O)[C@H]4O)c3n2)c1.NN.NNc1nc(N)c2ncn([C@@H]3O[C@H](CO)[C@@H](O)[C@H]3O)c2n1.Nc1nc(Cl)nc2c1ncn2[C@@H]1O[C@H](CO)[C@@H](O)[C@H]1O.O. The third-order valence-electron chi connectivity index (χ3n) is 21.0. The summed E-state index contributed by atoms with van der Waals surface area (Å²) in [6.45, 7) is 1.48. The number of imidazole rings is 5. The Bertz CT molecular complexity index is 6270. The molecule has 0 bridgehead atoms. The zero-order valence-corrected chi connectivity index (χ0v) is 73.5. The summed E-state index contributed by atoms with van der Waals surface area (Å²) in [5.74, 6) is 10.7. The summed E-state index contributed by atoms with van der Waals surface area (Å²) in [5, 5.41) is 163. The lowest BCUT2D eigenvalue weighted by Crippen LogP contribution is -2.33. The first-order valence-electron chi connectivity index (χ1n) is 40.6. The summed E-state index contributed by atoms with van der Waals surface area (Å²) in [6, 6.07) is 0. The van der Waals surface area contributed by atoms with Crippen molar-refractivity contribution in [1.82, 2.24) is 138 Å². The number of nitrogens with zero attached hydrogens (tertiary/aromatic N) is 26. The average Bonchev–Trinajstić information content (AvgIpc) is 1.63. The number of esters is 2. The maximum absolute atomic E-state index is 11.8. The molecule has 0 radical (unpaired) electrons. The Morgan fingerprint density at radius 1 is 0.410 bits per heavy atom. The van der Waals surface area contributed by atoms with Gasteiger partial charge >= 0.3 is 11.9 Å². The van der Waals surface area contributed by atoms with Crippen molar-refractivity contribution < 1.29 is 144 Å². The molecule has 20 atom stereocenters. The van der Waals surface area contributed by atoms with E-state index in [-0.39, 0.29) is 152 Å². The zero-order chi connectivity index (χ0) is 100. The third kappa shape index (κ3) is 21.5. The van der Waals surface area contributed by atoms with Crippen molar-refractivity contribution in [3.63, 3.8) is 0 Å². The van der Waals surface area contributed by atoms with Gasteiger partial charge in [0.1, 0.15) is 132 Å². The molecule has 5 fully saturated rings. The fourth-order valence-electron chi connectivity index (χ4n) is 14.0. The van der Waals surface area contributed by atoms with Crippen LogP contribution in [-0.4, -0.2) is 397 Å². The molecule has 0 aromatic carbocycles. The largest absolute Gasteiger partial charge is 0.465 e. The van der Waals surface area contributed by atoms with Crippen molar-refractivity contribution in [2.45, 2.75) is 137 Å². The van der Waals surface area contributed by atoms with E-state index in [4.69, 9.17) is 84.7 Å². The molecular weight excluding hydrogens is 1880 g/mol. The molecule has 67 heteroatoms. The summed E-state index contributed by atoms with van der Waals surface area (Å²) in [5.41, 5.74) is 35.1. The van der Waals surface area contributed by atoms with Crippen molar-refractivity contribution >= 4 is 139 Å². The van der Waals surface area contributed by atoms with Gasteiger partial charge in [-0.1, -0.05) is 0 Å². The Balaban J connectivity index is 0.000000162. The second-order valence-electron chi connectivity index (χ2n) is 29.4. The van der Waals surface area contributed by atoms with Gasteiger partial charge in [-0.05, 0) is 25.4 Å². The Hall–Kier alpha value is -14.3. The number of halogens is 1. The number of aliphatic hydroxyl groups is 15. The number of ether oxygens (including phenoxy) is 7. The maximum Gasteiger partial charge on any atom is 0.341 e. The molecule has 0 saturated carbocycles. The highest BCUT2D eigenvalue weighted by atomic mass is 35.5. The molecule has 18 rings (SSSR count). The number of carbonyl (C=O) groups excluding carboxylic acids is 6. The quantitative estimate of drug-likeness (QED) is 0.00748. The van der Waals surface area contributed by atoms with E-state index in [1.54, 1.807) is 13.8 Å². The second-order valence-corrected chi connectivity index (χ2v) is 29.7. The number of nitrogen functional groups attached to an aromatic ring is 6. The van der Waals surface area contributed by atoms with Gasteiger partial charge in [0.25, 0.3) is 29.7 Å². The number of fused-ring (bicyclic) bond motifs is 5. The van der Waals surface area contributed by atoms with E-state index in [2.05, 4.69) is 123 Å². The summed E-state index contributed by atoms with van der Waals surface area (Å²) >= 11 is 5.74. The van der Waals surface area contributed by atoms with Crippen LogP contribution in [0.2, 0.25) is 5.28 Å². The number of anilines is 6. The number of nitrogens with two attached hydrogens (primary N) is 8. The molecule has 0 aliphatic carbocycles. The van der Waals surface area contributed by atoms with Gasteiger partial charge in [-0.15, -0.1) is 0 Å². The standard InChI is InChI=1S/C16H19N7O6.2C15H18N8O5.C10H12ClN5O4.C10H15N7O4.C6H8O4.H4N2.H2O/c1-2-28-15(27)7-3-19-23(4-7)16-20-12(17)9-13(21-16)22(6-18-9)14-11(26)10(25)8(5-24)29-14;2*1-17-13(27)6-2-19-23(3-6)15-20-11(16)8-12(21-15)22(5-18-8)14-10(26)9(25)7(4-24)28-14;11-10-14-7(12)4-8(15-10)16(2-13-4)9-6(19)5(18)3(1-17)20-9;11-7-4-8(15-10(14-7)16-12)17(2-13-4)9-6(20)5(19)3(1-18)21-9;1-2-10-6(9)5(3-7)4-8;1-2;/h3-4,6,8,10-11,14,24-26H,2,5H2,1H3,(H2,17,20,21);2*2-3,5,7,9-10,14,24-26H,4H2,1H3,(H,17,27)(H2,16,20,21);2-3,5-6,9,17-19H,1H2,(H2,12,14,15);2-3,5-6,9,18-20H,1,12H2,(H3,11,14,15,16);3-5H,2H2,1H3;1-2H2;1H2/t8-,10-,11-,14-;2*7-,9-,10-,14-;2*3-,5-,6-,9-;;;/m11111.../s1. The van der Waals surface area contributed by atoms with Gasteiger partial charge in [0.2, 0.25) is 11.2 Å². The van der Waals surface area contributed by atoms with E-state index in [0.717, 1.165) is 0 Å². The molecule has 5 saturated heterocycles. The number of hydrazine groups is 2. The van der Waals surface area contributed by atoms with E-state index in [0.29, 0.717) is 22.2 Å². The number of carbonyl (C=O) groups is 6. The monoisotopic (exact) mass is 1980 g/mol. The van der Waals surface area contributed by atoms with Crippen molar-refractivity contribution in [2.75, 3.05) is 94.4 Å². The van der Waals surface area contributed by atoms with Crippen molar-refractivity contribution in [1.29, 1.82) is 0 Å². The van der Waals surface area contributed by atoms with Gasteiger partial charge in [-0.25, -0.2) is 49.6 Å². The molecule has 2 amide bonds. The van der Waals surface area contributed by atoms with Gasteiger partial charge in [-0.3, -0.25) is 54.3 Å². The summed E-state index contributed by atoms with van der Waals surface area (Å²) < 4.78 is 47.4. The highest BCUT2D eigenvalue weighted by Crippen LogP contribution is 2.39. The average molecular weight is 1980 g/mol. The van der Waals surface area contributed by atoms with E-state index in [1.165, 1.54) is 120 Å². The van der Waals surface area contributed by atoms with Crippen LogP contribution in [0.25, 0.3) is 73.7 Å². The van der Waals surface area contributed by atoms with Crippen LogP contribution in [-0.2, 0) is 47.5 Å². The molecule has 5 aliphatic heterocycles. The number of rotatable bonds is 22. The Kier molecular flexibility index (Phi) is 34.7.